The Hall–Kier alpha value is -2.35. The summed E-state index contributed by atoms with van der Waals surface area (Å²) >= 11 is 0. The van der Waals surface area contributed by atoms with E-state index in [9.17, 15) is 4.79 Å². The van der Waals surface area contributed by atoms with E-state index in [1.165, 1.54) is 5.01 Å². The first-order valence-electron chi connectivity index (χ1n) is 6.70. The highest BCUT2D eigenvalue weighted by atomic mass is 16.2. The van der Waals surface area contributed by atoms with Crippen LogP contribution >= 0.6 is 0 Å². The Labute approximate surface area is 131 Å². The molecule has 2 atom stereocenters. The van der Waals surface area contributed by atoms with Gasteiger partial charge in [-0.25, -0.2) is 10.8 Å². The molecule has 2 aliphatic rings. The van der Waals surface area contributed by atoms with Gasteiger partial charge < -0.3 is 11.2 Å². The van der Waals surface area contributed by atoms with Crippen LogP contribution in [-0.2, 0) is 4.79 Å². The Morgan fingerprint density at radius 2 is 2.32 bits per heavy atom. The third-order valence-electron chi connectivity index (χ3n) is 3.72. The first kappa shape index (κ1) is 17.7. The van der Waals surface area contributed by atoms with Crippen LogP contribution in [0.25, 0.3) is 0 Å². The standard InChI is InChI=1S/C13H21N7O.CH4/c1-4-5-6-8(2)13-9(10(21)17-12(14)18-13)7-20(15)11(13)19-16-3;/h4-6,9,16H,7,15H2,1-3H3,(H3,14,17,18,21);1H4/b5-4-,8-6+,19-11-;. The van der Waals surface area contributed by atoms with Gasteiger partial charge in [0.1, 0.15) is 0 Å². The number of nitrogens with one attached hydrogen (secondary N) is 2. The van der Waals surface area contributed by atoms with Crippen molar-refractivity contribution >= 4 is 17.7 Å². The Bertz CT molecular complexity index is 564. The van der Waals surface area contributed by atoms with Crippen molar-refractivity contribution in [1.82, 2.24) is 15.8 Å². The second-order valence-corrected chi connectivity index (χ2v) is 4.99. The van der Waals surface area contributed by atoms with Gasteiger partial charge in [-0.2, -0.15) is 5.10 Å². The number of amides is 1. The van der Waals surface area contributed by atoms with Crippen LogP contribution in [0, 0.1) is 5.92 Å². The lowest BCUT2D eigenvalue weighted by atomic mass is 9.78. The topological polar surface area (TPSA) is 121 Å². The summed E-state index contributed by atoms with van der Waals surface area (Å²) < 4.78 is 0. The number of hydrogen-bond acceptors (Lipinski definition) is 6. The molecule has 0 aromatic rings. The average molecular weight is 307 g/mol. The van der Waals surface area contributed by atoms with Crippen molar-refractivity contribution in [3.05, 3.63) is 23.8 Å². The Morgan fingerprint density at radius 1 is 1.64 bits per heavy atom. The molecule has 0 saturated carbocycles. The molecule has 2 heterocycles. The number of carbonyl (C=O) groups excluding carboxylic acids is 1. The van der Waals surface area contributed by atoms with E-state index < -0.39 is 11.5 Å². The number of carbonyl (C=O) groups is 1. The molecule has 1 saturated heterocycles. The fourth-order valence-electron chi connectivity index (χ4n) is 2.78. The smallest absolute Gasteiger partial charge is 0.234 e. The van der Waals surface area contributed by atoms with E-state index in [0.29, 0.717) is 12.4 Å². The van der Waals surface area contributed by atoms with Crippen LogP contribution in [0.5, 0.6) is 0 Å². The predicted octanol–water partition coefficient (Wildman–Crippen LogP) is -0.333. The maximum absolute atomic E-state index is 12.3. The van der Waals surface area contributed by atoms with Crippen molar-refractivity contribution in [2.45, 2.75) is 26.8 Å². The molecule has 2 rings (SSSR count). The summed E-state index contributed by atoms with van der Waals surface area (Å²) in [5.74, 6) is 5.89. The maximum atomic E-state index is 12.3. The number of aliphatic imine (C=N–C) groups is 1. The number of nitrogens with zero attached hydrogens (tertiary/aromatic N) is 3. The first-order chi connectivity index (χ1) is 9.97. The van der Waals surface area contributed by atoms with Gasteiger partial charge in [0.05, 0.1) is 12.5 Å². The SMILES string of the molecule is C.C/C=C\C=C(/C)C12N=C(N)NC(=O)C1CN(N)/C2=N\NC. The van der Waals surface area contributed by atoms with Gasteiger partial charge in [0.25, 0.3) is 0 Å². The van der Waals surface area contributed by atoms with Crippen LogP contribution in [0.3, 0.4) is 0 Å². The number of hydrazine groups is 1. The van der Waals surface area contributed by atoms with E-state index in [4.69, 9.17) is 11.6 Å². The lowest BCUT2D eigenvalue weighted by Gasteiger charge is -2.34. The summed E-state index contributed by atoms with van der Waals surface area (Å²) in [5, 5.41) is 8.22. The highest BCUT2D eigenvalue weighted by molar-refractivity contribution is 6.10. The molecule has 0 radical (unpaired) electrons. The van der Waals surface area contributed by atoms with E-state index in [1.807, 2.05) is 32.1 Å². The van der Waals surface area contributed by atoms with Gasteiger partial charge in [0.15, 0.2) is 17.3 Å². The molecule has 0 aliphatic carbocycles. The number of hydrazone groups is 1. The highest BCUT2D eigenvalue weighted by Crippen LogP contribution is 2.40. The van der Waals surface area contributed by atoms with Gasteiger partial charge in [-0.1, -0.05) is 25.7 Å². The first-order valence-corrected chi connectivity index (χ1v) is 6.70. The Balaban J connectivity index is 0.00000242. The van der Waals surface area contributed by atoms with Gasteiger partial charge in [-0.15, -0.1) is 0 Å². The van der Waals surface area contributed by atoms with Crippen LogP contribution in [0.2, 0.25) is 0 Å². The number of rotatable bonds is 3. The number of allylic oxidation sites excluding steroid dienone is 3. The van der Waals surface area contributed by atoms with Crippen LogP contribution in [0.4, 0.5) is 0 Å². The van der Waals surface area contributed by atoms with Crippen LogP contribution < -0.4 is 22.3 Å². The summed E-state index contributed by atoms with van der Waals surface area (Å²) in [5.41, 5.74) is 8.38. The van der Waals surface area contributed by atoms with Crippen molar-refractivity contribution in [3.8, 4) is 0 Å². The normalized spacial score (nSPS) is 30.0. The molecule has 0 aromatic carbocycles. The molecule has 22 heavy (non-hydrogen) atoms. The van der Waals surface area contributed by atoms with Crippen LogP contribution in [-0.4, -0.2) is 41.8 Å². The fourth-order valence-corrected chi connectivity index (χ4v) is 2.78. The molecular formula is C14H25N7O. The molecule has 6 N–H and O–H groups in total. The lowest BCUT2D eigenvalue weighted by Crippen LogP contribution is -2.57. The van der Waals surface area contributed by atoms with E-state index in [0.717, 1.165) is 5.57 Å². The molecule has 8 heteroatoms. The van der Waals surface area contributed by atoms with E-state index in [1.54, 1.807) is 7.05 Å². The van der Waals surface area contributed by atoms with Crippen LogP contribution in [0.1, 0.15) is 21.3 Å². The fraction of sp³-hybridized carbons (Fsp3) is 0.500. The van der Waals surface area contributed by atoms with Gasteiger partial charge in [-0.05, 0) is 19.4 Å². The van der Waals surface area contributed by atoms with Gasteiger partial charge in [0.2, 0.25) is 5.91 Å². The zero-order chi connectivity index (χ0) is 15.6. The molecule has 1 fully saturated rings. The zero-order valence-corrected chi connectivity index (χ0v) is 12.4. The monoisotopic (exact) mass is 307 g/mol. The molecule has 0 spiro atoms. The summed E-state index contributed by atoms with van der Waals surface area (Å²) in [4.78, 5) is 16.8. The Kier molecular flexibility index (Phi) is 5.32. The number of amidine groups is 1. The van der Waals surface area contributed by atoms with Crippen LogP contribution in [0.15, 0.2) is 33.9 Å². The van der Waals surface area contributed by atoms with Gasteiger partial charge in [0, 0.05) is 7.05 Å². The summed E-state index contributed by atoms with van der Waals surface area (Å²) in [6.45, 7) is 4.13. The molecule has 2 aliphatic heterocycles. The second-order valence-electron chi connectivity index (χ2n) is 4.99. The number of guanidine groups is 1. The van der Waals surface area contributed by atoms with Crippen molar-refractivity contribution in [3.63, 3.8) is 0 Å². The number of fused-ring (bicyclic) bond motifs is 1. The molecular weight excluding hydrogens is 282 g/mol. The van der Waals surface area contributed by atoms with E-state index >= 15 is 0 Å². The quantitative estimate of drug-likeness (QED) is 0.323. The molecule has 0 bridgehead atoms. The largest absolute Gasteiger partial charge is 0.370 e. The summed E-state index contributed by atoms with van der Waals surface area (Å²) in [6, 6.07) is 0. The maximum Gasteiger partial charge on any atom is 0.234 e. The lowest BCUT2D eigenvalue weighted by molar-refractivity contribution is -0.124. The Morgan fingerprint density at radius 3 is 2.91 bits per heavy atom. The minimum atomic E-state index is -0.969. The van der Waals surface area contributed by atoms with E-state index in [-0.39, 0.29) is 19.3 Å². The molecule has 122 valence electrons. The van der Waals surface area contributed by atoms with E-state index in [2.05, 4.69) is 20.8 Å². The predicted molar refractivity (Wildman–Crippen MR) is 88.7 cm³/mol. The summed E-state index contributed by atoms with van der Waals surface area (Å²) in [7, 11) is 1.67. The molecule has 2 unspecified atom stereocenters. The minimum absolute atomic E-state index is 0. The van der Waals surface area contributed by atoms with Crippen molar-refractivity contribution in [2.75, 3.05) is 13.6 Å². The number of nitrogens with two attached hydrogens (primary N) is 2. The van der Waals surface area contributed by atoms with Gasteiger partial charge in [-0.3, -0.25) is 15.1 Å². The van der Waals surface area contributed by atoms with Gasteiger partial charge >= 0.3 is 0 Å². The molecule has 8 nitrogen and oxygen atoms in total. The second kappa shape index (κ2) is 6.61. The molecule has 0 aromatic heterocycles. The van der Waals surface area contributed by atoms with Crippen molar-refractivity contribution < 1.29 is 4.79 Å². The third-order valence-corrected chi connectivity index (χ3v) is 3.72. The highest BCUT2D eigenvalue weighted by Gasteiger charge is 2.58. The van der Waals surface area contributed by atoms with Crippen molar-refractivity contribution in [1.29, 1.82) is 0 Å². The zero-order valence-electron chi connectivity index (χ0n) is 12.4. The number of hydrogen-bond donors (Lipinski definition) is 4. The third kappa shape index (κ3) is 2.57. The molecule has 1 amide bonds. The summed E-state index contributed by atoms with van der Waals surface area (Å²) in [6.07, 6.45) is 5.68. The van der Waals surface area contributed by atoms with Crippen molar-refractivity contribution in [2.24, 2.45) is 27.6 Å². The minimum Gasteiger partial charge on any atom is -0.370 e. The average Bonchev–Trinajstić information content (AvgIpc) is 2.71.